The van der Waals surface area contributed by atoms with Gasteiger partial charge in [-0.2, -0.15) is 5.10 Å². The van der Waals surface area contributed by atoms with Gasteiger partial charge in [0.25, 0.3) is 5.91 Å². The van der Waals surface area contributed by atoms with Crippen molar-refractivity contribution in [3.8, 4) is 0 Å². The van der Waals surface area contributed by atoms with Crippen molar-refractivity contribution in [1.82, 2.24) is 15.2 Å². The minimum absolute atomic E-state index is 0.0408. The van der Waals surface area contributed by atoms with Crippen molar-refractivity contribution in [3.05, 3.63) is 27.3 Å². The highest BCUT2D eigenvalue weighted by atomic mass is 32.1. The first-order chi connectivity index (χ1) is 9.32. The van der Waals surface area contributed by atoms with Gasteiger partial charge in [-0.05, 0) is 13.3 Å². The Morgan fingerprint density at radius 2 is 2.15 bits per heavy atom. The number of anilines is 1. The fourth-order valence-corrected chi connectivity index (χ4v) is 2.66. The third-order valence-corrected chi connectivity index (χ3v) is 4.49. The number of carbonyl (C=O) groups excluding carboxylic acids is 1. The summed E-state index contributed by atoms with van der Waals surface area (Å²) in [5.41, 5.74) is 1.99. The van der Waals surface area contributed by atoms with Crippen LogP contribution in [0.4, 0.5) is 5.82 Å². The highest BCUT2D eigenvalue weighted by Gasteiger charge is 2.21. The van der Waals surface area contributed by atoms with Crippen molar-refractivity contribution in [3.63, 3.8) is 0 Å². The first-order valence-electron chi connectivity index (χ1n) is 6.64. The Hall–Kier alpha value is -1.69. The molecule has 0 spiro atoms. The Labute approximate surface area is 122 Å². The summed E-state index contributed by atoms with van der Waals surface area (Å²) in [4.78, 5) is 17.1. The molecule has 0 atom stereocenters. The molecule has 5 nitrogen and oxygen atoms in total. The van der Waals surface area contributed by atoms with E-state index in [4.69, 9.17) is 0 Å². The zero-order chi connectivity index (χ0) is 14.9. The lowest BCUT2D eigenvalue weighted by Crippen LogP contribution is -2.11. The van der Waals surface area contributed by atoms with Gasteiger partial charge < -0.3 is 5.32 Å². The summed E-state index contributed by atoms with van der Waals surface area (Å²) in [6, 6.07) is 0. The fraction of sp³-hybridized carbons (Fsp3) is 0.500. The summed E-state index contributed by atoms with van der Waals surface area (Å²) < 4.78 is 0. The SMILES string of the molecule is CCc1[nH]nc(NC(=O)c2cnc(C(C)(C)C)s2)c1C. The molecule has 2 aromatic rings. The van der Waals surface area contributed by atoms with E-state index in [-0.39, 0.29) is 11.3 Å². The molecule has 6 heteroatoms. The first-order valence-corrected chi connectivity index (χ1v) is 7.46. The Kier molecular flexibility index (Phi) is 3.94. The van der Waals surface area contributed by atoms with Gasteiger partial charge in [-0.25, -0.2) is 4.98 Å². The molecule has 0 saturated carbocycles. The van der Waals surface area contributed by atoms with Crippen LogP contribution < -0.4 is 5.32 Å². The molecule has 0 saturated heterocycles. The first kappa shape index (κ1) is 14.7. The highest BCUT2D eigenvalue weighted by Crippen LogP contribution is 2.27. The van der Waals surface area contributed by atoms with E-state index in [1.165, 1.54) is 11.3 Å². The van der Waals surface area contributed by atoms with Crippen molar-refractivity contribution >= 4 is 23.1 Å². The molecule has 0 fully saturated rings. The van der Waals surface area contributed by atoms with Gasteiger partial charge in [-0.1, -0.05) is 27.7 Å². The molecule has 108 valence electrons. The zero-order valence-corrected chi connectivity index (χ0v) is 13.3. The summed E-state index contributed by atoms with van der Waals surface area (Å²) in [7, 11) is 0. The van der Waals surface area contributed by atoms with Crippen LogP contribution >= 0.6 is 11.3 Å². The maximum Gasteiger partial charge on any atom is 0.268 e. The number of H-pyrrole nitrogens is 1. The van der Waals surface area contributed by atoms with Crippen LogP contribution in [0.15, 0.2) is 6.20 Å². The van der Waals surface area contributed by atoms with Crippen LogP contribution in [0.2, 0.25) is 0 Å². The number of aromatic nitrogens is 3. The largest absolute Gasteiger partial charge is 0.304 e. The number of thiazole rings is 1. The fourth-order valence-electron chi connectivity index (χ4n) is 1.79. The van der Waals surface area contributed by atoms with Crippen molar-refractivity contribution in [2.24, 2.45) is 0 Å². The van der Waals surface area contributed by atoms with E-state index in [0.29, 0.717) is 10.7 Å². The molecule has 0 aliphatic heterocycles. The number of aryl methyl sites for hydroxylation is 1. The van der Waals surface area contributed by atoms with Crippen molar-refractivity contribution in [1.29, 1.82) is 0 Å². The van der Waals surface area contributed by atoms with Crippen LogP contribution in [-0.4, -0.2) is 21.1 Å². The van der Waals surface area contributed by atoms with E-state index in [2.05, 4.69) is 41.3 Å². The van der Waals surface area contributed by atoms with Crippen molar-refractivity contribution in [2.45, 2.75) is 46.5 Å². The van der Waals surface area contributed by atoms with Gasteiger partial charge in [0.2, 0.25) is 0 Å². The van der Waals surface area contributed by atoms with Gasteiger partial charge in [0.1, 0.15) is 4.88 Å². The normalized spacial score (nSPS) is 11.7. The summed E-state index contributed by atoms with van der Waals surface area (Å²) in [6.45, 7) is 10.2. The van der Waals surface area contributed by atoms with Crippen LogP contribution in [-0.2, 0) is 11.8 Å². The van der Waals surface area contributed by atoms with Gasteiger partial charge in [0, 0.05) is 16.7 Å². The lowest BCUT2D eigenvalue weighted by Gasteiger charge is -2.13. The summed E-state index contributed by atoms with van der Waals surface area (Å²) in [5.74, 6) is 0.438. The third kappa shape index (κ3) is 2.90. The number of aromatic amines is 1. The molecular weight excluding hydrogens is 272 g/mol. The zero-order valence-electron chi connectivity index (χ0n) is 12.5. The van der Waals surface area contributed by atoms with E-state index in [1.54, 1.807) is 6.20 Å². The number of hydrogen-bond donors (Lipinski definition) is 2. The molecule has 0 bridgehead atoms. The maximum absolute atomic E-state index is 12.2. The lowest BCUT2D eigenvalue weighted by molar-refractivity contribution is 0.103. The monoisotopic (exact) mass is 292 g/mol. The molecule has 2 N–H and O–H groups in total. The summed E-state index contributed by atoms with van der Waals surface area (Å²) in [5, 5.41) is 10.9. The molecule has 1 amide bonds. The maximum atomic E-state index is 12.2. The van der Waals surface area contributed by atoms with Gasteiger partial charge in [0.05, 0.1) is 11.2 Å². The second kappa shape index (κ2) is 5.36. The van der Waals surface area contributed by atoms with E-state index >= 15 is 0 Å². The van der Waals surface area contributed by atoms with Crippen LogP contribution in [0.25, 0.3) is 0 Å². The lowest BCUT2D eigenvalue weighted by atomic mass is 9.98. The predicted molar refractivity (Wildman–Crippen MR) is 81.5 cm³/mol. The van der Waals surface area contributed by atoms with Crippen molar-refractivity contribution in [2.75, 3.05) is 5.32 Å². The minimum atomic E-state index is -0.157. The van der Waals surface area contributed by atoms with Crippen LogP contribution in [0.5, 0.6) is 0 Å². The second-order valence-electron chi connectivity index (χ2n) is 5.76. The molecular formula is C14H20N4OS. The van der Waals surface area contributed by atoms with E-state index < -0.39 is 0 Å². The molecule has 20 heavy (non-hydrogen) atoms. The molecule has 2 aromatic heterocycles. The van der Waals surface area contributed by atoms with E-state index in [1.807, 2.05) is 13.8 Å². The number of hydrogen-bond acceptors (Lipinski definition) is 4. The quantitative estimate of drug-likeness (QED) is 0.912. The topological polar surface area (TPSA) is 70.7 Å². The summed E-state index contributed by atoms with van der Waals surface area (Å²) in [6.07, 6.45) is 2.49. The molecule has 2 rings (SSSR count). The number of nitrogens with one attached hydrogen (secondary N) is 2. The number of carbonyl (C=O) groups is 1. The van der Waals surface area contributed by atoms with E-state index in [0.717, 1.165) is 22.7 Å². The van der Waals surface area contributed by atoms with E-state index in [9.17, 15) is 4.79 Å². The number of rotatable bonds is 3. The molecule has 0 aliphatic rings. The molecule has 0 radical (unpaired) electrons. The Morgan fingerprint density at radius 3 is 2.65 bits per heavy atom. The Bertz CT molecular complexity index is 621. The van der Waals surface area contributed by atoms with Crippen molar-refractivity contribution < 1.29 is 4.79 Å². The number of nitrogens with zero attached hydrogens (tertiary/aromatic N) is 2. The average Bonchev–Trinajstić information content (AvgIpc) is 2.97. The number of amides is 1. The molecule has 0 aromatic carbocycles. The molecule has 0 unspecified atom stereocenters. The molecule has 0 aliphatic carbocycles. The smallest absolute Gasteiger partial charge is 0.268 e. The van der Waals surface area contributed by atoms with Gasteiger partial charge in [-0.3, -0.25) is 9.89 Å². The second-order valence-corrected chi connectivity index (χ2v) is 6.79. The third-order valence-electron chi connectivity index (χ3n) is 3.07. The van der Waals surface area contributed by atoms with Gasteiger partial charge in [-0.15, -0.1) is 11.3 Å². The minimum Gasteiger partial charge on any atom is -0.304 e. The van der Waals surface area contributed by atoms with Gasteiger partial charge >= 0.3 is 0 Å². The van der Waals surface area contributed by atoms with Crippen LogP contribution in [0, 0.1) is 6.92 Å². The standard InChI is InChI=1S/C14H20N4OS/c1-6-9-8(2)11(18-17-9)16-12(19)10-7-15-13(20-10)14(3,4)5/h7H,6H2,1-5H3,(H2,16,17,18,19). The Morgan fingerprint density at radius 1 is 1.45 bits per heavy atom. The molecule has 2 heterocycles. The predicted octanol–water partition coefficient (Wildman–Crippen LogP) is 3.29. The summed E-state index contributed by atoms with van der Waals surface area (Å²) >= 11 is 1.42. The van der Waals surface area contributed by atoms with Crippen LogP contribution in [0.3, 0.4) is 0 Å². The Balaban J connectivity index is 2.16. The van der Waals surface area contributed by atoms with Gasteiger partial charge in [0.15, 0.2) is 5.82 Å². The van der Waals surface area contributed by atoms with Crippen LogP contribution in [0.1, 0.15) is 53.6 Å². The average molecular weight is 292 g/mol. The highest BCUT2D eigenvalue weighted by molar-refractivity contribution is 7.13.